The van der Waals surface area contributed by atoms with Crippen molar-refractivity contribution < 1.29 is 4.79 Å². The van der Waals surface area contributed by atoms with Crippen molar-refractivity contribution in [2.45, 2.75) is 80.2 Å². The van der Waals surface area contributed by atoms with Crippen molar-refractivity contribution in [2.75, 3.05) is 5.32 Å². The molecule has 0 saturated carbocycles. The molecular formula is C24H34N2O2. The van der Waals surface area contributed by atoms with Crippen molar-refractivity contribution in [1.82, 2.24) is 4.57 Å². The molecule has 0 radical (unpaired) electrons. The van der Waals surface area contributed by atoms with Gasteiger partial charge in [0.1, 0.15) is 5.56 Å². The number of aromatic nitrogens is 1. The zero-order valence-electron chi connectivity index (χ0n) is 18.2. The Morgan fingerprint density at radius 3 is 2.36 bits per heavy atom. The molecule has 1 heterocycles. The molecule has 28 heavy (non-hydrogen) atoms. The highest BCUT2D eigenvalue weighted by Gasteiger charge is 2.22. The van der Waals surface area contributed by atoms with Gasteiger partial charge in [0.25, 0.3) is 5.91 Å². The summed E-state index contributed by atoms with van der Waals surface area (Å²) in [5, 5.41) is 3.03. The molecule has 0 atom stereocenters. The lowest BCUT2D eigenvalue weighted by atomic mass is 10.0. The average molecular weight is 383 g/mol. The molecule has 0 saturated heterocycles. The van der Waals surface area contributed by atoms with Crippen LogP contribution in [0.15, 0.2) is 23.0 Å². The van der Waals surface area contributed by atoms with Crippen LogP contribution in [0.3, 0.4) is 0 Å². The molecule has 0 aliphatic rings. The van der Waals surface area contributed by atoms with E-state index in [-0.39, 0.29) is 16.9 Å². The number of amides is 1. The van der Waals surface area contributed by atoms with E-state index in [1.807, 2.05) is 39.0 Å². The first kappa shape index (κ1) is 21.9. The van der Waals surface area contributed by atoms with Crippen LogP contribution < -0.4 is 10.7 Å². The minimum absolute atomic E-state index is 0.148. The first-order valence-electron chi connectivity index (χ1n) is 10.5. The van der Waals surface area contributed by atoms with E-state index in [0.29, 0.717) is 5.56 Å². The van der Waals surface area contributed by atoms with Gasteiger partial charge in [-0.05, 0) is 51.2 Å². The number of carbonyl (C=O) groups excluding carboxylic acids is 1. The molecule has 1 aromatic heterocycles. The number of anilines is 1. The van der Waals surface area contributed by atoms with Gasteiger partial charge in [0.05, 0.1) is 0 Å². The van der Waals surface area contributed by atoms with Crippen LogP contribution in [0, 0.1) is 20.8 Å². The summed E-state index contributed by atoms with van der Waals surface area (Å²) in [5.41, 5.74) is 5.54. The van der Waals surface area contributed by atoms with Gasteiger partial charge in [-0.15, -0.1) is 0 Å². The Balaban J connectivity index is 2.53. The van der Waals surface area contributed by atoms with Gasteiger partial charge >= 0.3 is 0 Å². The highest BCUT2D eigenvalue weighted by Crippen LogP contribution is 2.23. The van der Waals surface area contributed by atoms with Crippen molar-refractivity contribution in [1.29, 1.82) is 0 Å². The second-order valence-corrected chi connectivity index (χ2v) is 7.49. The summed E-state index contributed by atoms with van der Waals surface area (Å²) in [6.07, 6.45) is 4.93. The number of nitrogens with zero attached hydrogens (tertiary/aromatic N) is 1. The molecule has 1 aromatic carbocycles. The Kier molecular flexibility index (Phi) is 7.61. The molecule has 4 heteroatoms. The van der Waals surface area contributed by atoms with E-state index in [1.54, 1.807) is 0 Å². The number of hydrogen-bond acceptors (Lipinski definition) is 2. The van der Waals surface area contributed by atoms with Crippen LogP contribution in [-0.2, 0) is 19.4 Å². The van der Waals surface area contributed by atoms with E-state index >= 15 is 0 Å². The highest BCUT2D eigenvalue weighted by molar-refractivity contribution is 6.05. The molecule has 152 valence electrons. The normalized spacial score (nSPS) is 10.9. The van der Waals surface area contributed by atoms with Gasteiger partial charge in [-0.1, -0.05) is 51.8 Å². The number of aryl methyl sites for hydroxylation is 2. The summed E-state index contributed by atoms with van der Waals surface area (Å²) in [5.74, 6) is -0.304. The Bertz CT molecular complexity index is 910. The lowest BCUT2D eigenvalue weighted by Crippen LogP contribution is -2.30. The van der Waals surface area contributed by atoms with Gasteiger partial charge in [-0.3, -0.25) is 9.59 Å². The molecule has 1 N–H and O–H groups in total. The Labute approximate surface area is 169 Å². The predicted octanol–water partition coefficient (Wildman–Crippen LogP) is 5.34. The first-order valence-corrected chi connectivity index (χ1v) is 10.5. The minimum Gasteiger partial charge on any atom is -0.348 e. The molecule has 0 aliphatic heterocycles. The van der Waals surface area contributed by atoms with Crippen LogP contribution in [0.1, 0.15) is 78.5 Å². The van der Waals surface area contributed by atoms with Crippen molar-refractivity contribution in [3.63, 3.8) is 0 Å². The number of rotatable bonds is 8. The maximum atomic E-state index is 13.2. The fourth-order valence-corrected chi connectivity index (χ4v) is 3.95. The highest BCUT2D eigenvalue weighted by atomic mass is 16.2. The van der Waals surface area contributed by atoms with E-state index in [4.69, 9.17) is 0 Å². The van der Waals surface area contributed by atoms with Gasteiger partial charge in [0.15, 0.2) is 5.43 Å². The lowest BCUT2D eigenvalue weighted by Gasteiger charge is -2.21. The summed E-state index contributed by atoms with van der Waals surface area (Å²) < 4.78 is 2.18. The van der Waals surface area contributed by atoms with Crippen LogP contribution in [0.25, 0.3) is 0 Å². The zero-order chi connectivity index (χ0) is 20.8. The van der Waals surface area contributed by atoms with E-state index in [9.17, 15) is 9.59 Å². The van der Waals surface area contributed by atoms with Gasteiger partial charge in [-0.2, -0.15) is 0 Å². The smallest absolute Gasteiger partial charge is 0.261 e. The number of carbonyl (C=O) groups is 1. The fraction of sp³-hybridized carbons (Fsp3) is 0.500. The van der Waals surface area contributed by atoms with E-state index < -0.39 is 0 Å². The summed E-state index contributed by atoms with van der Waals surface area (Å²) in [7, 11) is 0. The number of pyridine rings is 1. The number of nitrogens with one attached hydrogen (secondary N) is 1. The Morgan fingerprint density at radius 2 is 1.75 bits per heavy atom. The molecule has 0 spiro atoms. The topological polar surface area (TPSA) is 51.1 Å². The van der Waals surface area contributed by atoms with Crippen molar-refractivity contribution in [2.24, 2.45) is 0 Å². The maximum Gasteiger partial charge on any atom is 0.261 e. The molecule has 0 aliphatic carbocycles. The summed E-state index contributed by atoms with van der Waals surface area (Å²) >= 11 is 0. The SMILES string of the molecule is CCCCCn1c(C)c(C(=O)Nc2c(C)cccc2CC)c(=O)c(C)c1CC. The third-order valence-electron chi connectivity index (χ3n) is 5.62. The van der Waals surface area contributed by atoms with Crippen LogP contribution in [0.5, 0.6) is 0 Å². The average Bonchev–Trinajstić information content (AvgIpc) is 2.67. The number of para-hydroxylation sites is 1. The molecule has 2 aromatic rings. The monoisotopic (exact) mass is 382 g/mol. The van der Waals surface area contributed by atoms with Crippen LogP contribution >= 0.6 is 0 Å². The lowest BCUT2D eigenvalue weighted by molar-refractivity contribution is 0.102. The first-order chi connectivity index (χ1) is 13.4. The van der Waals surface area contributed by atoms with Crippen LogP contribution in [0.4, 0.5) is 5.69 Å². The Hall–Kier alpha value is -2.36. The van der Waals surface area contributed by atoms with Gasteiger partial charge in [-0.25, -0.2) is 0 Å². The summed E-state index contributed by atoms with van der Waals surface area (Å²) in [4.78, 5) is 26.2. The maximum absolute atomic E-state index is 13.2. The number of benzene rings is 1. The zero-order valence-corrected chi connectivity index (χ0v) is 18.2. The number of unbranched alkanes of at least 4 members (excludes halogenated alkanes) is 2. The minimum atomic E-state index is -0.304. The van der Waals surface area contributed by atoms with Crippen molar-refractivity contribution >= 4 is 11.6 Å². The van der Waals surface area contributed by atoms with Crippen molar-refractivity contribution in [3.8, 4) is 0 Å². The molecule has 2 rings (SSSR count). The largest absolute Gasteiger partial charge is 0.348 e. The third-order valence-corrected chi connectivity index (χ3v) is 5.62. The van der Waals surface area contributed by atoms with Crippen LogP contribution in [0.2, 0.25) is 0 Å². The van der Waals surface area contributed by atoms with Gasteiger partial charge in [0, 0.05) is 29.2 Å². The molecular weight excluding hydrogens is 348 g/mol. The van der Waals surface area contributed by atoms with E-state index in [1.165, 1.54) is 0 Å². The van der Waals surface area contributed by atoms with E-state index in [0.717, 1.165) is 66.9 Å². The summed E-state index contributed by atoms with van der Waals surface area (Å²) in [6, 6.07) is 6.00. The van der Waals surface area contributed by atoms with Crippen LogP contribution in [-0.4, -0.2) is 10.5 Å². The second kappa shape index (κ2) is 9.72. The summed E-state index contributed by atoms with van der Waals surface area (Å²) in [6.45, 7) is 12.9. The number of hydrogen-bond donors (Lipinski definition) is 1. The molecule has 0 bridgehead atoms. The van der Waals surface area contributed by atoms with Crippen molar-refractivity contribution in [3.05, 3.63) is 62.1 Å². The van der Waals surface area contributed by atoms with Gasteiger partial charge < -0.3 is 9.88 Å². The molecule has 4 nitrogen and oxygen atoms in total. The molecule has 0 unspecified atom stereocenters. The van der Waals surface area contributed by atoms with Gasteiger partial charge in [0.2, 0.25) is 0 Å². The fourth-order valence-electron chi connectivity index (χ4n) is 3.95. The quantitative estimate of drug-likeness (QED) is 0.627. The third kappa shape index (κ3) is 4.37. The molecule has 1 amide bonds. The second-order valence-electron chi connectivity index (χ2n) is 7.49. The van der Waals surface area contributed by atoms with E-state index in [2.05, 4.69) is 30.7 Å². The Morgan fingerprint density at radius 1 is 1.04 bits per heavy atom. The molecule has 0 fully saturated rings. The standard InChI is InChI=1S/C24H34N2O2/c1-7-10-11-15-26-18(6)21(23(27)17(5)20(26)9-3)24(28)25-22-16(4)13-12-14-19(22)8-2/h12-14H,7-11,15H2,1-6H3,(H,25,28). The predicted molar refractivity (Wildman–Crippen MR) is 118 cm³/mol.